The highest BCUT2D eigenvalue weighted by molar-refractivity contribution is 7.71. The van der Waals surface area contributed by atoms with Gasteiger partial charge in [0, 0.05) is 43.0 Å². The van der Waals surface area contributed by atoms with Gasteiger partial charge >= 0.3 is 0 Å². The van der Waals surface area contributed by atoms with Crippen molar-refractivity contribution in [2.75, 3.05) is 13.2 Å². The number of alkyl halides is 1. The van der Waals surface area contributed by atoms with Crippen molar-refractivity contribution in [3.8, 4) is 0 Å². The van der Waals surface area contributed by atoms with Gasteiger partial charge < -0.3 is 14.0 Å². The van der Waals surface area contributed by atoms with Crippen molar-refractivity contribution >= 4 is 18.1 Å². The Kier molecular flexibility index (Phi) is 5.27. The third-order valence-corrected chi connectivity index (χ3v) is 6.60. The summed E-state index contributed by atoms with van der Waals surface area (Å²) in [6.07, 6.45) is 1.71. The van der Waals surface area contributed by atoms with Crippen molar-refractivity contribution in [3.63, 3.8) is 0 Å². The van der Waals surface area contributed by atoms with E-state index in [-0.39, 0.29) is 30.9 Å². The minimum absolute atomic E-state index is 0.0415. The summed E-state index contributed by atoms with van der Waals surface area (Å²) < 4.78 is 59.3. The fourth-order valence-corrected chi connectivity index (χ4v) is 4.89. The smallest absolute Gasteiger partial charge is 0.228 e. The molecule has 1 aromatic heterocycles. The van der Waals surface area contributed by atoms with Crippen LogP contribution in [0.3, 0.4) is 0 Å². The van der Waals surface area contributed by atoms with E-state index in [2.05, 4.69) is 0 Å². The highest BCUT2D eigenvalue weighted by Gasteiger charge is 2.35. The van der Waals surface area contributed by atoms with Crippen LogP contribution in [0.15, 0.2) is 12.1 Å². The van der Waals surface area contributed by atoms with Gasteiger partial charge in [-0.3, -0.25) is 4.79 Å². The minimum atomic E-state index is -1.18. The topological polar surface area (TPSA) is 30.2 Å². The first-order chi connectivity index (χ1) is 13.8. The lowest BCUT2D eigenvalue weighted by atomic mass is 9.95. The molecule has 9 heteroatoms. The largest absolute Gasteiger partial charge is 0.337 e. The number of hydrogen-bond donors (Lipinski definition) is 0. The van der Waals surface area contributed by atoms with E-state index in [1.165, 1.54) is 0 Å². The first-order valence-corrected chi connectivity index (χ1v) is 10.00. The molecule has 1 amide bonds. The van der Waals surface area contributed by atoms with Crippen LogP contribution in [0, 0.1) is 22.2 Å². The van der Waals surface area contributed by atoms with Crippen molar-refractivity contribution in [1.82, 2.24) is 14.0 Å². The van der Waals surface area contributed by atoms with Gasteiger partial charge in [-0.2, -0.15) is 0 Å². The number of halogens is 4. The summed E-state index contributed by atoms with van der Waals surface area (Å²) in [6.45, 7) is 0.165. The number of benzene rings is 1. The lowest BCUT2D eigenvalue weighted by Gasteiger charge is -2.22. The number of nitrogens with zero attached hydrogens (tertiary/aromatic N) is 3. The summed E-state index contributed by atoms with van der Waals surface area (Å²) in [7, 11) is 1.74. The third-order valence-electron chi connectivity index (χ3n) is 6.11. The Morgan fingerprint density at radius 1 is 1.24 bits per heavy atom. The number of imidazole rings is 1. The summed E-state index contributed by atoms with van der Waals surface area (Å²) in [4.78, 5) is 14.3. The normalized spacial score (nSPS) is 21.1. The molecule has 2 aliphatic rings. The van der Waals surface area contributed by atoms with Crippen molar-refractivity contribution in [2.45, 2.75) is 44.2 Å². The molecule has 0 spiro atoms. The molecule has 4 rings (SSSR count). The number of amides is 1. The number of rotatable bonds is 4. The molecule has 29 heavy (non-hydrogen) atoms. The molecule has 1 aromatic carbocycles. The Morgan fingerprint density at radius 2 is 1.97 bits per heavy atom. The van der Waals surface area contributed by atoms with E-state index in [1.807, 2.05) is 0 Å². The molecule has 0 bridgehead atoms. The number of carbonyl (C=O) groups is 1. The predicted molar refractivity (Wildman–Crippen MR) is 101 cm³/mol. The maximum Gasteiger partial charge on any atom is 0.228 e. The molecule has 3 heterocycles. The molecule has 2 atom stereocenters. The lowest BCUT2D eigenvalue weighted by Crippen LogP contribution is -2.38. The predicted octanol–water partition coefficient (Wildman–Crippen LogP) is 3.82. The van der Waals surface area contributed by atoms with E-state index in [0.717, 1.165) is 24.2 Å². The quantitative estimate of drug-likeness (QED) is 0.422. The Bertz CT molecular complexity index is 1030. The van der Waals surface area contributed by atoms with Crippen LogP contribution in [0.25, 0.3) is 0 Å². The van der Waals surface area contributed by atoms with Crippen LogP contribution in [-0.4, -0.2) is 39.2 Å². The highest BCUT2D eigenvalue weighted by Crippen LogP contribution is 2.36. The number of carbonyl (C=O) groups excluding carboxylic acids is 1. The summed E-state index contributed by atoms with van der Waals surface area (Å²) in [5, 5.41) is 0. The van der Waals surface area contributed by atoms with Gasteiger partial charge in [-0.05, 0) is 43.6 Å². The second kappa shape index (κ2) is 7.59. The first-order valence-electron chi connectivity index (χ1n) is 9.59. The average molecular weight is 427 g/mol. The third kappa shape index (κ3) is 3.29. The summed E-state index contributed by atoms with van der Waals surface area (Å²) in [6, 6.07) is 1.29. The zero-order chi connectivity index (χ0) is 20.9. The molecule has 0 saturated carbocycles. The Labute approximate surface area is 170 Å². The first kappa shape index (κ1) is 20.1. The van der Waals surface area contributed by atoms with Crippen LogP contribution in [0.5, 0.6) is 0 Å². The number of hydrogen-bond acceptors (Lipinski definition) is 2. The van der Waals surface area contributed by atoms with Gasteiger partial charge in [-0.1, -0.05) is 0 Å². The van der Waals surface area contributed by atoms with Gasteiger partial charge in [0.15, 0.2) is 16.4 Å². The minimum Gasteiger partial charge on any atom is -0.337 e. The number of aromatic nitrogens is 2. The fourth-order valence-electron chi connectivity index (χ4n) is 4.60. The highest BCUT2D eigenvalue weighted by atomic mass is 32.1. The van der Waals surface area contributed by atoms with Crippen molar-refractivity contribution < 1.29 is 22.4 Å². The van der Waals surface area contributed by atoms with E-state index >= 15 is 0 Å². The second-order valence-electron chi connectivity index (χ2n) is 7.72. The molecule has 2 aromatic rings. The maximum atomic E-state index is 14.3. The average Bonchev–Trinajstić information content (AvgIpc) is 3.39. The number of likely N-dealkylation sites (tertiary alicyclic amines) is 1. The molecule has 1 saturated heterocycles. The van der Waals surface area contributed by atoms with Crippen LogP contribution in [0.1, 0.15) is 35.7 Å². The Hall–Kier alpha value is -2.16. The van der Waals surface area contributed by atoms with E-state index in [4.69, 9.17) is 12.2 Å². The van der Waals surface area contributed by atoms with Crippen molar-refractivity contribution in [2.24, 2.45) is 7.05 Å². The standard InChI is InChI=1S/C20H21F4N3OS/c1-25-15(8-17(28)26-6-2-3-12(26)9-21)16-7-11(10-27(16)20(25)29)18-13(22)4-5-14(23)19(18)24/h4-5,11-12H,2-3,6-10H2,1H3/t11-,12-/m0/s1. The van der Waals surface area contributed by atoms with Crippen molar-refractivity contribution in [3.05, 3.63) is 51.3 Å². The molecule has 0 aliphatic carbocycles. The van der Waals surface area contributed by atoms with Gasteiger partial charge in [-0.25, -0.2) is 17.6 Å². The monoisotopic (exact) mass is 427 g/mol. The van der Waals surface area contributed by atoms with Crippen molar-refractivity contribution in [1.29, 1.82) is 0 Å². The van der Waals surface area contributed by atoms with E-state index in [1.54, 1.807) is 21.1 Å². The Balaban J connectivity index is 1.64. The molecule has 156 valence electrons. The molecule has 0 unspecified atom stereocenters. The molecule has 1 fully saturated rings. The summed E-state index contributed by atoms with van der Waals surface area (Å²) in [5.41, 5.74) is 1.08. The van der Waals surface area contributed by atoms with Crippen LogP contribution in [0.4, 0.5) is 17.6 Å². The van der Waals surface area contributed by atoms with Gasteiger partial charge in [0.1, 0.15) is 12.5 Å². The summed E-state index contributed by atoms with van der Waals surface area (Å²) >= 11 is 5.45. The zero-order valence-electron chi connectivity index (χ0n) is 15.9. The number of fused-ring (bicyclic) bond motifs is 1. The lowest BCUT2D eigenvalue weighted by molar-refractivity contribution is -0.131. The SMILES string of the molecule is Cn1c(CC(=O)N2CCC[C@H]2CF)c2n(c1=S)C[C@@H](c1c(F)ccc(F)c1F)C2. The van der Waals surface area contributed by atoms with E-state index < -0.39 is 36.1 Å². The molecule has 0 N–H and O–H groups in total. The fraction of sp³-hybridized carbons (Fsp3) is 0.500. The zero-order valence-corrected chi connectivity index (χ0v) is 16.7. The maximum absolute atomic E-state index is 14.3. The van der Waals surface area contributed by atoms with E-state index in [9.17, 15) is 22.4 Å². The van der Waals surface area contributed by atoms with Crippen LogP contribution >= 0.6 is 12.2 Å². The van der Waals surface area contributed by atoms with E-state index in [0.29, 0.717) is 23.4 Å². The molecule has 4 nitrogen and oxygen atoms in total. The van der Waals surface area contributed by atoms with Gasteiger partial charge in [0.25, 0.3) is 0 Å². The second-order valence-corrected chi connectivity index (χ2v) is 8.08. The molecule has 2 aliphatic heterocycles. The molecule has 0 radical (unpaired) electrons. The van der Waals surface area contributed by atoms with Crippen LogP contribution in [0.2, 0.25) is 0 Å². The Morgan fingerprint density at radius 3 is 2.69 bits per heavy atom. The molecular weight excluding hydrogens is 406 g/mol. The van der Waals surface area contributed by atoms with Crippen LogP contribution in [-0.2, 0) is 31.2 Å². The summed E-state index contributed by atoms with van der Waals surface area (Å²) in [5.74, 6) is -3.87. The van der Waals surface area contributed by atoms with Gasteiger partial charge in [-0.15, -0.1) is 0 Å². The molecular formula is C20H21F4N3OS. The van der Waals surface area contributed by atoms with Gasteiger partial charge in [0.05, 0.1) is 12.5 Å². The van der Waals surface area contributed by atoms with Gasteiger partial charge in [0.2, 0.25) is 5.91 Å². The van der Waals surface area contributed by atoms with Crippen LogP contribution < -0.4 is 0 Å².